The third-order valence-electron chi connectivity index (χ3n) is 4.59. The number of rotatable bonds is 6. The minimum absolute atomic E-state index is 0.0209. The molecule has 2 aromatic heterocycles. The van der Waals surface area contributed by atoms with Crippen molar-refractivity contribution in [3.05, 3.63) is 94.3 Å². The maximum atomic E-state index is 10.9. The summed E-state index contributed by atoms with van der Waals surface area (Å²) in [7, 11) is 0. The van der Waals surface area contributed by atoms with Gasteiger partial charge >= 0.3 is 0 Å². The second kappa shape index (κ2) is 7.48. The fourth-order valence-corrected chi connectivity index (χ4v) is 3.07. The number of anilines is 1. The lowest BCUT2D eigenvalue weighted by Crippen LogP contribution is -2.07. The highest BCUT2D eigenvalue weighted by atomic mass is 16.6. The van der Waals surface area contributed by atoms with E-state index in [1.54, 1.807) is 6.07 Å². The monoisotopic (exact) mass is 373 g/mol. The van der Waals surface area contributed by atoms with Crippen LogP contribution in [0.5, 0.6) is 0 Å². The Labute approximate surface area is 161 Å². The van der Waals surface area contributed by atoms with Crippen LogP contribution in [0.1, 0.15) is 24.1 Å². The Morgan fingerprint density at radius 2 is 1.96 bits per heavy atom. The van der Waals surface area contributed by atoms with Gasteiger partial charge in [-0.1, -0.05) is 30.3 Å². The number of non-ortho nitro benzene ring substituents is 1. The van der Waals surface area contributed by atoms with Gasteiger partial charge in [0, 0.05) is 29.3 Å². The van der Waals surface area contributed by atoms with Crippen molar-refractivity contribution in [3.8, 4) is 0 Å². The summed E-state index contributed by atoms with van der Waals surface area (Å²) in [6.45, 7) is 2.77. The van der Waals surface area contributed by atoms with Crippen molar-refractivity contribution in [2.45, 2.75) is 19.5 Å². The highest BCUT2D eigenvalue weighted by Gasteiger charge is 2.11. The van der Waals surface area contributed by atoms with Gasteiger partial charge < -0.3 is 5.32 Å². The molecule has 1 N–H and O–H groups in total. The molecule has 4 aromatic rings. The zero-order valence-corrected chi connectivity index (χ0v) is 15.3. The summed E-state index contributed by atoms with van der Waals surface area (Å²) in [4.78, 5) is 15.0. The molecule has 0 aliphatic rings. The number of nitro groups is 1. The van der Waals surface area contributed by atoms with E-state index in [9.17, 15) is 10.1 Å². The number of nitrogens with one attached hydrogen (secondary N) is 1. The van der Waals surface area contributed by atoms with Gasteiger partial charge in [-0.3, -0.25) is 14.8 Å². The Morgan fingerprint density at radius 1 is 1.14 bits per heavy atom. The summed E-state index contributed by atoms with van der Waals surface area (Å²) in [5, 5.41) is 19.4. The van der Waals surface area contributed by atoms with Gasteiger partial charge in [-0.25, -0.2) is 4.98 Å². The Bertz CT molecular complexity index is 1120. The molecule has 4 rings (SSSR count). The van der Waals surface area contributed by atoms with Crippen molar-refractivity contribution in [2.24, 2.45) is 0 Å². The average molecular weight is 373 g/mol. The zero-order valence-electron chi connectivity index (χ0n) is 15.3. The number of nitrogens with zero attached hydrogens (tertiary/aromatic N) is 4. The molecular weight excluding hydrogens is 354 g/mol. The fraction of sp³-hybridized carbons (Fsp3) is 0.143. The second-order valence-electron chi connectivity index (χ2n) is 6.65. The largest absolute Gasteiger partial charge is 0.363 e. The number of fused-ring (bicyclic) bond motifs is 1. The predicted molar refractivity (Wildman–Crippen MR) is 108 cm³/mol. The molecule has 7 heteroatoms. The lowest BCUT2D eigenvalue weighted by atomic mass is 10.1. The molecular formula is C21H19N5O2. The first-order valence-corrected chi connectivity index (χ1v) is 8.96. The van der Waals surface area contributed by atoms with E-state index in [0.29, 0.717) is 11.3 Å². The van der Waals surface area contributed by atoms with Gasteiger partial charge in [0.2, 0.25) is 0 Å². The van der Waals surface area contributed by atoms with E-state index in [1.807, 2.05) is 54.3 Å². The molecule has 0 fully saturated rings. The molecule has 2 aromatic carbocycles. The molecule has 0 bridgehead atoms. The Kier molecular flexibility index (Phi) is 4.72. The highest BCUT2D eigenvalue weighted by Crippen LogP contribution is 2.23. The topological polar surface area (TPSA) is 85.9 Å². The van der Waals surface area contributed by atoms with Crippen LogP contribution in [0.25, 0.3) is 10.9 Å². The molecule has 1 atom stereocenters. The summed E-state index contributed by atoms with van der Waals surface area (Å²) in [5.41, 5.74) is 3.03. The first-order chi connectivity index (χ1) is 13.6. The fourth-order valence-electron chi connectivity index (χ4n) is 3.07. The summed E-state index contributed by atoms with van der Waals surface area (Å²) in [6.07, 6.45) is 3.88. The van der Waals surface area contributed by atoms with Gasteiger partial charge in [-0.2, -0.15) is 5.10 Å². The van der Waals surface area contributed by atoms with Crippen molar-refractivity contribution in [1.29, 1.82) is 0 Å². The van der Waals surface area contributed by atoms with Crippen molar-refractivity contribution in [2.75, 3.05) is 5.32 Å². The Morgan fingerprint density at radius 3 is 2.75 bits per heavy atom. The van der Waals surface area contributed by atoms with E-state index in [4.69, 9.17) is 0 Å². The summed E-state index contributed by atoms with van der Waals surface area (Å²) in [6, 6.07) is 18.5. The lowest BCUT2D eigenvalue weighted by Gasteiger charge is -2.13. The van der Waals surface area contributed by atoms with Crippen LogP contribution in [0.4, 0.5) is 11.5 Å². The minimum Gasteiger partial charge on any atom is -0.363 e. The van der Waals surface area contributed by atoms with Crippen LogP contribution in [-0.2, 0) is 6.54 Å². The smallest absolute Gasteiger partial charge is 0.270 e. The van der Waals surface area contributed by atoms with Gasteiger partial charge in [-0.15, -0.1) is 0 Å². The zero-order chi connectivity index (χ0) is 19.5. The number of nitro benzene ring substituents is 1. The van der Waals surface area contributed by atoms with E-state index >= 15 is 0 Å². The molecule has 2 heterocycles. The van der Waals surface area contributed by atoms with Crippen LogP contribution in [0.3, 0.4) is 0 Å². The molecule has 0 aliphatic carbocycles. The maximum absolute atomic E-state index is 10.9. The summed E-state index contributed by atoms with van der Waals surface area (Å²) in [5.74, 6) is 0.713. The van der Waals surface area contributed by atoms with E-state index in [2.05, 4.69) is 27.5 Å². The quantitative estimate of drug-likeness (QED) is 0.395. The first kappa shape index (κ1) is 17.7. The van der Waals surface area contributed by atoms with Gasteiger partial charge in [-0.05, 0) is 30.7 Å². The van der Waals surface area contributed by atoms with Crippen LogP contribution >= 0.6 is 0 Å². The second-order valence-corrected chi connectivity index (χ2v) is 6.65. The maximum Gasteiger partial charge on any atom is 0.270 e. The van der Waals surface area contributed by atoms with Crippen molar-refractivity contribution < 1.29 is 4.92 Å². The van der Waals surface area contributed by atoms with Gasteiger partial charge in [0.05, 0.1) is 29.2 Å². The number of aromatic nitrogens is 3. The minimum atomic E-state index is -0.402. The van der Waals surface area contributed by atoms with Crippen LogP contribution in [0, 0.1) is 10.1 Å². The molecule has 0 aliphatic heterocycles. The summed E-state index contributed by atoms with van der Waals surface area (Å²) < 4.78 is 1.91. The van der Waals surface area contributed by atoms with Crippen LogP contribution < -0.4 is 5.32 Å². The molecule has 0 saturated carbocycles. The first-order valence-electron chi connectivity index (χ1n) is 8.96. The normalized spacial score (nSPS) is 12.0. The van der Waals surface area contributed by atoms with Crippen molar-refractivity contribution >= 4 is 22.4 Å². The van der Waals surface area contributed by atoms with Gasteiger partial charge in [0.1, 0.15) is 5.82 Å². The third-order valence-corrected chi connectivity index (χ3v) is 4.59. The lowest BCUT2D eigenvalue weighted by molar-refractivity contribution is -0.384. The van der Waals surface area contributed by atoms with Crippen LogP contribution in [0.15, 0.2) is 73.1 Å². The molecule has 0 saturated heterocycles. The molecule has 0 amide bonds. The molecule has 0 spiro atoms. The standard InChI is InChI=1S/C21H19N5O2/c1-15(18-12-22-25(14-18)13-16-5-3-2-4-6-16)23-21-10-7-17-11-19(26(27)28)8-9-20(17)24-21/h2-12,14-15H,13H2,1H3,(H,23,24). The highest BCUT2D eigenvalue weighted by molar-refractivity contribution is 5.82. The van der Waals surface area contributed by atoms with Crippen molar-refractivity contribution in [1.82, 2.24) is 14.8 Å². The molecule has 140 valence electrons. The molecule has 0 radical (unpaired) electrons. The SMILES string of the molecule is CC(Nc1ccc2cc([N+](=O)[O-])ccc2n1)c1cnn(Cc2ccccc2)c1. The number of hydrogen-bond donors (Lipinski definition) is 1. The van der Waals surface area contributed by atoms with Crippen molar-refractivity contribution in [3.63, 3.8) is 0 Å². The predicted octanol–water partition coefficient (Wildman–Crippen LogP) is 4.56. The number of hydrogen-bond acceptors (Lipinski definition) is 5. The Balaban J connectivity index is 1.48. The van der Waals surface area contributed by atoms with Gasteiger partial charge in [0.25, 0.3) is 5.69 Å². The van der Waals surface area contributed by atoms with Crippen LogP contribution in [-0.4, -0.2) is 19.7 Å². The van der Waals surface area contributed by atoms with Gasteiger partial charge in [0.15, 0.2) is 0 Å². The molecule has 28 heavy (non-hydrogen) atoms. The van der Waals surface area contributed by atoms with E-state index < -0.39 is 4.92 Å². The molecule has 7 nitrogen and oxygen atoms in total. The summed E-state index contributed by atoms with van der Waals surface area (Å²) >= 11 is 0. The van der Waals surface area contributed by atoms with E-state index in [-0.39, 0.29) is 11.7 Å². The number of pyridine rings is 1. The van der Waals surface area contributed by atoms with Crippen LogP contribution in [0.2, 0.25) is 0 Å². The van der Waals surface area contributed by atoms with E-state index in [0.717, 1.165) is 17.5 Å². The third kappa shape index (κ3) is 3.83. The Hall–Kier alpha value is -3.74. The molecule has 1 unspecified atom stereocenters. The van der Waals surface area contributed by atoms with E-state index in [1.165, 1.54) is 17.7 Å². The average Bonchev–Trinajstić information content (AvgIpc) is 3.17. The number of benzene rings is 2.